The van der Waals surface area contributed by atoms with Gasteiger partial charge in [-0.1, -0.05) is 27.7 Å². The number of aryl methyl sites for hydroxylation is 1. The van der Waals surface area contributed by atoms with Crippen molar-refractivity contribution in [1.82, 2.24) is 0 Å². The lowest BCUT2D eigenvalue weighted by Gasteiger charge is -2.31. The average Bonchev–Trinajstić information content (AvgIpc) is 3.04. The zero-order valence-electron chi connectivity index (χ0n) is 20.2. The third-order valence-electron chi connectivity index (χ3n) is 4.76. The highest BCUT2D eigenvalue weighted by molar-refractivity contribution is 5.95. The predicted octanol–water partition coefficient (Wildman–Crippen LogP) is 5.13. The normalized spacial score (nSPS) is 11.7. The van der Waals surface area contributed by atoms with Crippen LogP contribution in [0.3, 0.4) is 0 Å². The molecule has 0 aliphatic heterocycles. The molecule has 0 unspecified atom stereocenters. The highest BCUT2D eigenvalue weighted by Gasteiger charge is 2.30. The standard InChI is InChI=1S/C25H36N2O5/c1-16(2)13-27(14-17(3)4)22-9-8-19(32-25(6,7)24(29)30)11-21(22)26-23(28)12-20-10-18(5)15-31-20/h8-11,15-17H,12-14H2,1-7H3,(H,26,28)(H,29,30). The number of carbonyl (C=O) groups is 2. The quantitative estimate of drug-likeness (QED) is 0.499. The van der Waals surface area contributed by atoms with Gasteiger partial charge in [0, 0.05) is 19.2 Å². The second kappa shape index (κ2) is 10.6. The van der Waals surface area contributed by atoms with E-state index in [0.717, 1.165) is 24.3 Å². The van der Waals surface area contributed by atoms with Crippen molar-refractivity contribution in [2.24, 2.45) is 11.8 Å². The minimum absolute atomic E-state index is 0.105. The molecule has 2 aromatic rings. The van der Waals surface area contributed by atoms with Crippen molar-refractivity contribution < 1.29 is 23.8 Å². The van der Waals surface area contributed by atoms with E-state index in [1.165, 1.54) is 13.8 Å². The molecule has 2 rings (SSSR count). The molecule has 0 atom stereocenters. The van der Waals surface area contributed by atoms with Crippen molar-refractivity contribution in [3.05, 3.63) is 41.9 Å². The lowest BCUT2D eigenvalue weighted by Crippen LogP contribution is -2.38. The van der Waals surface area contributed by atoms with E-state index in [2.05, 4.69) is 37.9 Å². The van der Waals surface area contributed by atoms with Gasteiger partial charge in [0.15, 0.2) is 5.60 Å². The van der Waals surface area contributed by atoms with Gasteiger partial charge in [-0.25, -0.2) is 4.79 Å². The Hall–Kier alpha value is -2.96. The molecule has 0 fully saturated rings. The molecule has 7 nitrogen and oxygen atoms in total. The first-order valence-electron chi connectivity index (χ1n) is 11.0. The van der Waals surface area contributed by atoms with Crippen LogP contribution in [0, 0.1) is 18.8 Å². The Morgan fingerprint density at radius 2 is 1.75 bits per heavy atom. The Balaban J connectivity index is 2.39. The minimum atomic E-state index is -1.40. The molecule has 0 saturated carbocycles. The summed E-state index contributed by atoms with van der Waals surface area (Å²) in [6, 6.07) is 7.15. The molecule has 0 aliphatic rings. The molecule has 1 amide bonds. The lowest BCUT2D eigenvalue weighted by atomic mass is 10.1. The van der Waals surface area contributed by atoms with E-state index in [4.69, 9.17) is 9.15 Å². The van der Waals surface area contributed by atoms with Crippen LogP contribution in [0.5, 0.6) is 5.75 Å². The van der Waals surface area contributed by atoms with Crippen molar-refractivity contribution in [2.75, 3.05) is 23.3 Å². The smallest absolute Gasteiger partial charge is 0.347 e. The van der Waals surface area contributed by atoms with Crippen molar-refractivity contribution >= 4 is 23.3 Å². The molecule has 0 radical (unpaired) electrons. The first-order chi connectivity index (χ1) is 14.9. The summed E-state index contributed by atoms with van der Waals surface area (Å²) in [6.45, 7) is 15.1. The van der Waals surface area contributed by atoms with Crippen LogP contribution in [0.2, 0.25) is 0 Å². The molecular weight excluding hydrogens is 408 g/mol. The SMILES string of the molecule is Cc1coc(CC(=O)Nc2cc(OC(C)(C)C(=O)O)ccc2N(CC(C)C)CC(C)C)c1. The number of anilines is 2. The summed E-state index contributed by atoms with van der Waals surface area (Å²) in [6.07, 6.45) is 1.72. The largest absolute Gasteiger partial charge is 0.478 e. The van der Waals surface area contributed by atoms with E-state index >= 15 is 0 Å². The second-order valence-corrected chi connectivity index (χ2v) is 9.60. The molecule has 1 aromatic carbocycles. The summed E-state index contributed by atoms with van der Waals surface area (Å²) in [5, 5.41) is 12.4. The Labute approximate surface area is 190 Å². The average molecular weight is 445 g/mol. The van der Waals surface area contributed by atoms with E-state index in [9.17, 15) is 14.7 Å². The number of rotatable bonds is 11. The van der Waals surface area contributed by atoms with Gasteiger partial charge < -0.3 is 24.5 Å². The third kappa shape index (κ3) is 7.32. The number of ether oxygens (including phenoxy) is 1. The van der Waals surface area contributed by atoms with Crippen molar-refractivity contribution in [3.8, 4) is 5.75 Å². The maximum atomic E-state index is 12.8. The Bertz CT molecular complexity index is 920. The lowest BCUT2D eigenvalue weighted by molar-refractivity contribution is -0.152. The molecule has 1 heterocycles. The highest BCUT2D eigenvalue weighted by Crippen LogP contribution is 2.33. The molecule has 2 N–H and O–H groups in total. The molecule has 0 saturated heterocycles. The first kappa shape index (κ1) is 25.3. The molecule has 0 bridgehead atoms. The molecule has 0 aliphatic carbocycles. The molecule has 0 spiro atoms. The number of nitrogens with zero attached hydrogens (tertiary/aromatic N) is 1. The number of amides is 1. The van der Waals surface area contributed by atoms with Crippen LogP contribution in [-0.2, 0) is 16.0 Å². The van der Waals surface area contributed by atoms with Crippen molar-refractivity contribution in [1.29, 1.82) is 0 Å². The van der Waals surface area contributed by atoms with E-state index in [1.807, 2.05) is 19.1 Å². The van der Waals surface area contributed by atoms with Gasteiger partial charge in [-0.3, -0.25) is 4.79 Å². The molecule has 176 valence electrons. The van der Waals surface area contributed by atoms with Crippen LogP contribution in [0.1, 0.15) is 52.9 Å². The predicted molar refractivity (Wildman–Crippen MR) is 126 cm³/mol. The molecule has 32 heavy (non-hydrogen) atoms. The number of nitrogens with one attached hydrogen (secondary N) is 1. The van der Waals surface area contributed by atoms with E-state index < -0.39 is 11.6 Å². The first-order valence-corrected chi connectivity index (χ1v) is 11.0. The summed E-state index contributed by atoms with van der Waals surface area (Å²) in [5.41, 5.74) is 1.01. The summed E-state index contributed by atoms with van der Waals surface area (Å²) >= 11 is 0. The Morgan fingerprint density at radius 3 is 2.25 bits per heavy atom. The van der Waals surface area contributed by atoms with Crippen LogP contribution in [0.15, 0.2) is 34.9 Å². The number of hydrogen-bond acceptors (Lipinski definition) is 5. The number of carboxylic acids is 1. The van der Waals surface area contributed by atoms with Crippen LogP contribution >= 0.6 is 0 Å². The van der Waals surface area contributed by atoms with E-state index in [-0.39, 0.29) is 12.3 Å². The van der Waals surface area contributed by atoms with Gasteiger partial charge in [0.05, 0.1) is 24.1 Å². The van der Waals surface area contributed by atoms with E-state index in [0.29, 0.717) is 29.0 Å². The Morgan fingerprint density at radius 1 is 1.12 bits per heavy atom. The zero-order valence-corrected chi connectivity index (χ0v) is 20.2. The number of carbonyl (C=O) groups excluding carboxylic acids is 1. The summed E-state index contributed by atoms with van der Waals surface area (Å²) < 4.78 is 11.1. The molecule has 7 heteroatoms. The number of benzene rings is 1. The van der Waals surface area contributed by atoms with Gasteiger partial charge >= 0.3 is 5.97 Å². The number of aliphatic carboxylic acids is 1. The van der Waals surface area contributed by atoms with Gasteiger partial charge in [0.25, 0.3) is 0 Å². The van der Waals surface area contributed by atoms with Crippen molar-refractivity contribution in [2.45, 2.75) is 60.5 Å². The van der Waals surface area contributed by atoms with Gasteiger partial charge in [0.2, 0.25) is 5.91 Å². The zero-order chi connectivity index (χ0) is 24.1. The fraction of sp³-hybridized carbons (Fsp3) is 0.520. The third-order valence-corrected chi connectivity index (χ3v) is 4.76. The fourth-order valence-corrected chi connectivity index (χ4v) is 3.38. The summed E-state index contributed by atoms with van der Waals surface area (Å²) in [7, 11) is 0. The van der Waals surface area contributed by atoms with E-state index in [1.54, 1.807) is 18.4 Å². The van der Waals surface area contributed by atoms with Gasteiger partial charge in [-0.05, 0) is 56.4 Å². The maximum Gasteiger partial charge on any atom is 0.347 e. The van der Waals surface area contributed by atoms with Gasteiger partial charge in [0.1, 0.15) is 11.5 Å². The summed E-state index contributed by atoms with van der Waals surface area (Å²) in [5.74, 6) is 0.517. The fourth-order valence-electron chi connectivity index (χ4n) is 3.38. The van der Waals surface area contributed by atoms with Crippen LogP contribution < -0.4 is 15.0 Å². The van der Waals surface area contributed by atoms with Crippen LogP contribution in [0.25, 0.3) is 0 Å². The summed E-state index contributed by atoms with van der Waals surface area (Å²) in [4.78, 5) is 26.5. The number of hydrogen-bond donors (Lipinski definition) is 2. The maximum absolute atomic E-state index is 12.8. The second-order valence-electron chi connectivity index (χ2n) is 9.60. The minimum Gasteiger partial charge on any atom is -0.478 e. The topological polar surface area (TPSA) is 92.0 Å². The monoisotopic (exact) mass is 444 g/mol. The number of furan rings is 1. The highest BCUT2D eigenvalue weighted by atomic mass is 16.5. The van der Waals surface area contributed by atoms with Gasteiger partial charge in [-0.2, -0.15) is 0 Å². The van der Waals surface area contributed by atoms with Gasteiger partial charge in [-0.15, -0.1) is 0 Å². The van der Waals surface area contributed by atoms with Crippen LogP contribution in [0.4, 0.5) is 11.4 Å². The Kier molecular flexibility index (Phi) is 8.36. The molecular formula is C25H36N2O5. The van der Waals surface area contributed by atoms with Crippen LogP contribution in [-0.4, -0.2) is 35.7 Å². The van der Waals surface area contributed by atoms with Crippen molar-refractivity contribution in [3.63, 3.8) is 0 Å². The number of carboxylic acid groups (broad SMARTS) is 1. The molecule has 1 aromatic heterocycles.